The standard InChI is InChI=1S/C22H35N3O/c1-8-13-22(6,7)14-20(26)24-21-23-18-11-9-17(15(2)3)10-12-19(18)25(21)16(4)5/h9,11-12,15-16H,8,10,13-14H2,1-7H3,(H,23,24,26). The fraction of sp³-hybridized carbons (Fsp3) is 0.636. The predicted molar refractivity (Wildman–Crippen MR) is 110 cm³/mol. The summed E-state index contributed by atoms with van der Waals surface area (Å²) in [5.74, 6) is 1.24. The fourth-order valence-corrected chi connectivity index (χ4v) is 3.66. The Kier molecular flexibility index (Phi) is 6.48. The highest BCUT2D eigenvalue weighted by Gasteiger charge is 2.22. The van der Waals surface area contributed by atoms with Gasteiger partial charge in [-0.2, -0.15) is 0 Å². The topological polar surface area (TPSA) is 46.9 Å². The van der Waals surface area contributed by atoms with Gasteiger partial charge in [-0.15, -0.1) is 0 Å². The van der Waals surface area contributed by atoms with Gasteiger partial charge in [0.1, 0.15) is 0 Å². The summed E-state index contributed by atoms with van der Waals surface area (Å²) in [5, 5.41) is 5.12. The van der Waals surface area contributed by atoms with E-state index in [1.807, 2.05) is 0 Å². The highest BCUT2D eigenvalue weighted by molar-refractivity contribution is 5.89. The van der Waals surface area contributed by atoms with E-state index in [1.54, 1.807) is 0 Å². The average molecular weight is 358 g/mol. The molecular weight excluding hydrogens is 322 g/mol. The lowest BCUT2D eigenvalue weighted by Crippen LogP contribution is -2.31. The maximum absolute atomic E-state index is 12.6. The Morgan fingerprint density at radius 1 is 1.27 bits per heavy atom. The molecule has 1 heterocycles. The number of hydrogen-bond donors (Lipinski definition) is 1. The molecule has 0 radical (unpaired) electrons. The highest BCUT2D eigenvalue weighted by Crippen LogP contribution is 2.27. The molecule has 4 heteroatoms. The molecule has 2 rings (SSSR count). The number of nitrogens with one attached hydrogen (secondary N) is 1. The molecule has 0 aliphatic heterocycles. The van der Waals surface area contributed by atoms with Crippen molar-refractivity contribution < 1.29 is 4.79 Å². The predicted octanol–water partition coefficient (Wildman–Crippen LogP) is 4.17. The minimum atomic E-state index is 0.0122. The minimum absolute atomic E-state index is 0.0122. The van der Waals surface area contributed by atoms with Gasteiger partial charge in [0.05, 0.1) is 10.7 Å². The molecule has 0 unspecified atom stereocenters. The van der Waals surface area contributed by atoms with Crippen molar-refractivity contribution in [1.29, 1.82) is 0 Å². The van der Waals surface area contributed by atoms with Crippen LogP contribution < -0.4 is 16.0 Å². The van der Waals surface area contributed by atoms with E-state index in [-0.39, 0.29) is 17.4 Å². The molecule has 0 spiro atoms. The van der Waals surface area contributed by atoms with Gasteiger partial charge in [-0.25, -0.2) is 4.98 Å². The molecular formula is C22H35N3O. The van der Waals surface area contributed by atoms with Crippen LogP contribution in [-0.4, -0.2) is 15.5 Å². The van der Waals surface area contributed by atoms with Gasteiger partial charge in [0.2, 0.25) is 11.9 Å². The van der Waals surface area contributed by atoms with Crippen molar-refractivity contribution in [1.82, 2.24) is 9.55 Å². The van der Waals surface area contributed by atoms with E-state index in [9.17, 15) is 4.79 Å². The quantitative estimate of drug-likeness (QED) is 0.796. The Labute approximate surface area is 158 Å². The summed E-state index contributed by atoms with van der Waals surface area (Å²) >= 11 is 0. The van der Waals surface area contributed by atoms with Gasteiger partial charge in [0.25, 0.3) is 0 Å². The summed E-state index contributed by atoms with van der Waals surface area (Å²) in [4.78, 5) is 17.3. The van der Waals surface area contributed by atoms with E-state index in [2.05, 4.69) is 76.6 Å². The van der Waals surface area contributed by atoms with Gasteiger partial charge in [-0.05, 0) is 44.1 Å². The molecule has 0 bridgehead atoms. The third kappa shape index (κ3) is 4.87. The molecule has 1 aliphatic rings. The van der Waals surface area contributed by atoms with E-state index in [0.717, 1.165) is 30.0 Å². The normalized spacial score (nSPS) is 14.4. The number of aromatic nitrogens is 2. The average Bonchev–Trinajstić information content (AvgIpc) is 2.69. The molecule has 1 aromatic rings. The van der Waals surface area contributed by atoms with Crippen molar-refractivity contribution in [3.05, 3.63) is 22.3 Å². The number of rotatable bonds is 7. The second kappa shape index (κ2) is 8.24. The number of carbonyl (C=O) groups is 1. The lowest BCUT2D eigenvalue weighted by Gasteiger charge is -2.23. The summed E-state index contributed by atoms with van der Waals surface area (Å²) in [6, 6.07) is 0.232. The maximum Gasteiger partial charge on any atom is 0.227 e. The van der Waals surface area contributed by atoms with E-state index in [4.69, 9.17) is 4.98 Å². The summed E-state index contributed by atoms with van der Waals surface area (Å²) in [7, 11) is 0. The molecule has 4 nitrogen and oxygen atoms in total. The monoisotopic (exact) mass is 357 g/mol. The fourth-order valence-electron chi connectivity index (χ4n) is 3.66. The molecule has 1 aliphatic carbocycles. The molecule has 26 heavy (non-hydrogen) atoms. The van der Waals surface area contributed by atoms with Crippen molar-refractivity contribution in [2.75, 3.05) is 5.32 Å². The Bertz CT molecular complexity index is 794. The molecule has 144 valence electrons. The third-order valence-electron chi connectivity index (χ3n) is 5.04. The Morgan fingerprint density at radius 3 is 2.54 bits per heavy atom. The van der Waals surface area contributed by atoms with Crippen molar-refractivity contribution in [3.8, 4) is 0 Å². The second-order valence-electron chi connectivity index (χ2n) is 8.78. The van der Waals surface area contributed by atoms with Crippen molar-refractivity contribution in [3.63, 3.8) is 0 Å². The second-order valence-corrected chi connectivity index (χ2v) is 8.78. The van der Waals surface area contributed by atoms with Crippen molar-refractivity contribution in [2.24, 2.45) is 11.3 Å². The number of nitrogens with zero attached hydrogens (tertiary/aromatic N) is 2. The first-order valence-electron chi connectivity index (χ1n) is 9.93. The van der Waals surface area contributed by atoms with Gasteiger partial charge < -0.3 is 4.57 Å². The van der Waals surface area contributed by atoms with Crippen LogP contribution in [0.1, 0.15) is 80.2 Å². The Balaban J connectivity index is 2.34. The first-order valence-corrected chi connectivity index (χ1v) is 9.93. The van der Waals surface area contributed by atoms with Crippen molar-refractivity contribution in [2.45, 2.75) is 80.2 Å². The van der Waals surface area contributed by atoms with Crippen LogP contribution in [0.2, 0.25) is 0 Å². The van der Waals surface area contributed by atoms with Crippen LogP contribution in [0.3, 0.4) is 0 Å². The van der Waals surface area contributed by atoms with Crippen molar-refractivity contribution >= 4 is 24.0 Å². The highest BCUT2D eigenvalue weighted by atomic mass is 16.1. The van der Waals surface area contributed by atoms with Crippen LogP contribution in [0.25, 0.3) is 12.2 Å². The molecule has 1 aromatic heterocycles. The van der Waals surface area contributed by atoms with E-state index in [0.29, 0.717) is 18.3 Å². The lowest BCUT2D eigenvalue weighted by molar-refractivity contribution is -0.118. The molecule has 0 saturated heterocycles. The zero-order valence-electron chi connectivity index (χ0n) is 17.5. The van der Waals surface area contributed by atoms with E-state index < -0.39 is 0 Å². The maximum atomic E-state index is 12.6. The summed E-state index contributed by atoms with van der Waals surface area (Å²) in [5.41, 5.74) is 1.42. The van der Waals surface area contributed by atoms with Gasteiger partial charge in [0, 0.05) is 12.5 Å². The van der Waals surface area contributed by atoms with Gasteiger partial charge >= 0.3 is 0 Å². The summed E-state index contributed by atoms with van der Waals surface area (Å²) < 4.78 is 2.15. The number of imidazole rings is 1. The number of allylic oxidation sites excluding steroid dienone is 2. The molecule has 1 amide bonds. The number of hydrogen-bond acceptors (Lipinski definition) is 2. The third-order valence-corrected chi connectivity index (χ3v) is 5.04. The Morgan fingerprint density at radius 2 is 1.96 bits per heavy atom. The molecule has 0 fully saturated rings. The van der Waals surface area contributed by atoms with E-state index >= 15 is 0 Å². The molecule has 0 saturated carbocycles. The number of amides is 1. The number of anilines is 1. The zero-order chi connectivity index (χ0) is 19.5. The largest absolute Gasteiger partial charge is 0.308 e. The molecule has 0 atom stereocenters. The van der Waals surface area contributed by atoms with Crippen LogP contribution >= 0.6 is 0 Å². The van der Waals surface area contributed by atoms with Crippen LogP contribution in [0.5, 0.6) is 0 Å². The molecule has 0 aromatic carbocycles. The number of fused-ring (bicyclic) bond motifs is 1. The first kappa shape index (κ1) is 20.5. The van der Waals surface area contributed by atoms with Crippen LogP contribution in [0.4, 0.5) is 5.95 Å². The van der Waals surface area contributed by atoms with Gasteiger partial charge in [-0.1, -0.05) is 58.8 Å². The van der Waals surface area contributed by atoms with E-state index in [1.165, 1.54) is 5.57 Å². The lowest BCUT2D eigenvalue weighted by atomic mass is 9.84. The Hall–Kier alpha value is -1.84. The van der Waals surface area contributed by atoms with Crippen LogP contribution in [-0.2, 0) is 4.79 Å². The van der Waals surface area contributed by atoms with Gasteiger partial charge in [-0.3, -0.25) is 10.1 Å². The SMILES string of the molecule is CCCC(C)(C)CC(=O)Nc1nc2c(n1C(C)C)=CCC(C(C)C)=CC=2. The molecule has 1 N–H and O–H groups in total. The first-order chi connectivity index (χ1) is 12.1. The summed E-state index contributed by atoms with van der Waals surface area (Å²) in [6.07, 6.45) is 10.1. The van der Waals surface area contributed by atoms with Crippen LogP contribution in [0, 0.1) is 11.3 Å². The van der Waals surface area contributed by atoms with Crippen LogP contribution in [0.15, 0.2) is 11.6 Å². The smallest absolute Gasteiger partial charge is 0.227 e. The summed E-state index contributed by atoms with van der Waals surface area (Å²) in [6.45, 7) is 15.2. The minimum Gasteiger partial charge on any atom is -0.308 e. The van der Waals surface area contributed by atoms with Gasteiger partial charge in [0.15, 0.2) is 0 Å². The zero-order valence-corrected chi connectivity index (χ0v) is 17.5. The number of carbonyl (C=O) groups excluding carboxylic acids is 1.